The van der Waals surface area contributed by atoms with Gasteiger partial charge in [-0.2, -0.15) is 0 Å². The van der Waals surface area contributed by atoms with E-state index >= 15 is 0 Å². The molecular weight excluding hydrogens is 270 g/mol. The van der Waals surface area contributed by atoms with Crippen molar-refractivity contribution in [3.8, 4) is 0 Å². The Kier molecular flexibility index (Phi) is 4.57. The molecule has 1 heterocycles. The van der Waals surface area contributed by atoms with Crippen LogP contribution in [0, 0.1) is 0 Å². The molecule has 0 bridgehead atoms. The van der Waals surface area contributed by atoms with Crippen LogP contribution >= 0.6 is 0 Å². The van der Waals surface area contributed by atoms with E-state index in [9.17, 15) is 14.4 Å². The van der Waals surface area contributed by atoms with Gasteiger partial charge >= 0.3 is 0 Å². The average Bonchev–Trinajstić information content (AvgIpc) is 2.76. The van der Waals surface area contributed by atoms with E-state index in [1.807, 2.05) is 43.3 Å². The van der Waals surface area contributed by atoms with Crippen LogP contribution in [0.5, 0.6) is 0 Å². The molecular formula is C15H19N3O3. The van der Waals surface area contributed by atoms with E-state index in [-0.39, 0.29) is 43.5 Å². The fourth-order valence-electron chi connectivity index (χ4n) is 2.27. The number of carbonyl (C=O) groups excluding carboxylic acids is 3. The van der Waals surface area contributed by atoms with Gasteiger partial charge in [-0.25, -0.2) is 0 Å². The minimum atomic E-state index is -0.211. The van der Waals surface area contributed by atoms with Gasteiger partial charge in [-0.05, 0) is 12.1 Å². The van der Waals surface area contributed by atoms with Gasteiger partial charge in [-0.3, -0.25) is 19.3 Å². The van der Waals surface area contributed by atoms with E-state index in [1.54, 1.807) is 0 Å². The maximum absolute atomic E-state index is 12.0. The molecule has 1 N–H and O–H groups in total. The van der Waals surface area contributed by atoms with Crippen LogP contribution in [0.25, 0.3) is 0 Å². The third kappa shape index (κ3) is 3.59. The lowest BCUT2D eigenvalue weighted by atomic mass is 10.2. The molecule has 3 amide bonds. The molecule has 2 rings (SSSR count). The highest BCUT2D eigenvalue weighted by Crippen LogP contribution is 2.23. The van der Waals surface area contributed by atoms with Crippen molar-refractivity contribution in [2.24, 2.45) is 0 Å². The minimum Gasteiger partial charge on any atom is -0.376 e. The van der Waals surface area contributed by atoms with Gasteiger partial charge in [0.2, 0.25) is 17.7 Å². The maximum Gasteiger partial charge on any atom is 0.229 e. The highest BCUT2D eigenvalue weighted by molar-refractivity contribution is 6.02. The third-order valence-corrected chi connectivity index (χ3v) is 3.38. The van der Waals surface area contributed by atoms with Crippen LogP contribution < -0.4 is 10.2 Å². The number of imide groups is 1. The molecule has 1 aliphatic rings. The Morgan fingerprint density at radius 2 is 1.81 bits per heavy atom. The van der Waals surface area contributed by atoms with Crippen LogP contribution in [0.1, 0.15) is 19.3 Å². The molecule has 1 aromatic carbocycles. The molecule has 112 valence electrons. The van der Waals surface area contributed by atoms with Gasteiger partial charge in [0.1, 0.15) is 0 Å². The Morgan fingerprint density at radius 3 is 2.43 bits per heavy atom. The first-order chi connectivity index (χ1) is 9.99. The first-order valence-corrected chi connectivity index (χ1v) is 6.88. The number of amides is 3. The summed E-state index contributed by atoms with van der Waals surface area (Å²) in [5, 5.41) is 2.82. The molecule has 0 spiro atoms. The number of hydrogen-bond acceptors (Lipinski definition) is 4. The summed E-state index contributed by atoms with van der Waals surface area (Å²) in [6.07, 6.45) is 0.618. The van der Waals surface area contributed by atoms with Crippen molar-refractivity contribution in [3.63, 3.8) is 0 Å². The highest BCUT2D eigenvalue weighted by Gasteiger charge is 2.28. The summed E-state index contributed by atoms with van der Waals surface area (Å²) in [6.45, 7) is 0.146. The predicted molar refractivity (Wildman–Crippen MR) is 80.0 cm³/mol. The standard InChI is InChI=1S/C15H19N3O3/c1-17(2)12-6-4-3-5-11(12)16-13(19)9-10-18-14(20)7-8-15(18)21/h3-6H,7-10H2,1-2H3,(H,16,19). The smallest absolute Gasteiger partial charge is 0.229 e. The summed E-state index contributed by atoms with van der Waals surface area (Å²) in [5.41, 5.74) is 1.62. The van der Waals surface area contributed by atoms with Gasteiger partial charge in [0, 0.05) is 39.9 Å². The SMILES string of the molecule is CN(C)c1ccccc1NC(=O)CCN1C(=O)CCC1=O. The number of likely N-dealkylation sites (tertiary alicyclic amines) is 1. The van der Waals surface area contributed by atoms with Crippen LogP contribution in [0.3, 0.4) is 0 Å². The Balaban J connectivity index is 1.93. The number of hydrogen-bond donors (Lipinski definition) is 1. The minimum absolute atomic E-state index is 0.110. The maximum atomic E-state index is 12.0. The number of nitrogens with one attached hydrogen (secondary N) is 1. The molecule has 0 aliphatic carbocycles. The van der Waals surface area contributed by atoms with Gasteiger partial charge in [0.15, 0.2) is 0 Å². The molecule has 0 aromatic heterocycles. The number of para-hydroxylation sites is 2. The van der Waals surface area contributed by atoms with Gasteiger partial charge in [-0.1, -0.05) is 12.1 Å². The van der Waals surface area contributed by atoms with Crippen molar-refractivity contribution >= 4 is 29.1 Å². The second kappa shape index (κ2) is 6.39. The van der Waals surface area contributed by atoms with Crippen LogP contribution in [-0.4, -0.2) is 43.3 Å². The second-order valence-corrected chi connectivity index (χ2v) is 5.15. The molecule has 0 atom stereocenters. The average molecular weight is 289 g/mol. The van der Waals surface area contributed by atoms with Gasteiger partial charge in [0.25, 0.3) is 0 Å². The molecule has 21 heavy (non-hydrogen) atoms. The molecule has 0 saturated carbocycles. The molecule has 1 fully saturated rings. The van der Waals surface area contributed by atoms with E-state index in [0.717, 1.165) is 10.6 Å². The molecule has 0 radical (unpaired) electrons. The molecule has 0 unspecified atom stereocenters. The molecule has 6 heteroatoms. The number of anilines is 2. The summed E-state index contributed by atoms with van der Waals surface area (Å²) >= 11 is 0. The largest absolute Gasteiger partial charge is 0.376 e. The first kappa shape index (κ1) is 15.0. The third-order valence-electron chi connectivity index (χ3n) is 3.38. The first-order valence-electron chi connectivity index (χ1n) is 6.88. The van der Waals surface area contributed by atoms with Crippen molar-refractivity contribution in [2.75, 3.05) is 30.9 Å². The molecule has 6 nitrogen and oxygen atoms in total. The molecule has 1 aliphatic heterocycles. The van der Waals surface area contributed by atoms with Crippen LogP contribution in [-0.2, 0) is 14.4 Å². The summed E-state index contributed by atoms with van der Waals surface area (Å²) in [6, 6.07) is 7.46. The van der Waals surface area contributed by atoms with Crippen molar-refractivity contribution in [1.82, 2.24) is 4.90 Å². The van der Waals surface area contributed by atoms with Crippen molar-refractivity contribution in [2.45, 2.75) is 19.3 Å². The zero-order valence-corrected chi connectivity index (χ0v) is 12.3. The van der Waals surface area contributed by atoms with Crippen LogP contribution in [0.4, 0.5) is 11.4 Å². The Hall–Kier alpha value is -2.37. The lowest BCUT2D eigenvalue weighted by molar-refractivity contribution is -0.138. The monoisotopic (exact) mass is 289 g/mol. The van der Waals surface area contributed by atoms with Crippen LogP contribution in [0.15, 0.2) is 24.3 Å². The summed E-state index contributed by atoms with van der Waals surface area (Å²) in [4.78, 5) is 38.0. The van der Waals surface area contributed by atoms with Crippen LogP contribution in [0.2, 0.25) is 0 Å². The van der Waals surface area contributed by atoms with E-state index in [4.69, 9.17) is 0 Å². The van der Waals surface area contributed by atoms with Crippen molar-refractivity contribution in [3.05, 3.63) is 24.3 Å². The molecule has 1 saturated heterocycles. The Morgan fingerprint density at radius 1 is 1.19 bits per heavy atom. The molecule has 1 aromatic rings. The van der Waals surface area contributed by atoms with Gasteiger partial charge in [-0.15, -0.1) is 0 Å². The zero-order chi connectivity index (χ0) is 15.4. The fourth-order valence-corrected chi connectivity index (χ4v) is 2.27. The number of carbonyl (C=O) groups is 3. The summed E-state index contributed by atoms with van der Waals surface area (Å²) in [7, 11) is 3.79. The topological polar surface area (TPSA) is 69.7 Å². The zero-order valence-electron chi connectivity index (χ0n) is 12.3. The van der Waals surface area contributed by atoms with E-state index in [2.05, 4.69) is 5.32 Å². The Bertz CT molecular complexity index is 553. The predicted octanol–water partition coefficient (Wildman–Crippen LogP) is 1.23. The van der Waals surface area contributed by atoms with Crippen molar-refractivity contribution < 1.29 is 14.4 Å². The number of nitrogens with zero attached hydrogens (tertiary/aromatic N) is 2. The van der Waals surface area contributed by atoms with E-state index in [0.29, 0.717) is 5.69 Å². The van der Waals surface area contributed by atoms with Gasteiger partial charge < -0.3 is 10.2 Å². The summed E-state index contributed by atoms with van der Waals surface area (Å²) in [5.74, 6) is -0.597. The van der Waals surface area contributed by atoms with E-state index in [1.165, 1.54) is 0 Å². The lowest BCUT2D eigenvalue weighted by Crippen LogP contribution is -2.32. The lowest BCUT2D eigenvalue weighted by Gasteiger charge is -2.18. The normalized spacial score (nSPS) is 14.5. The van der Waals surface area contributed by atoms with E-state index < -0.39 is 0 Å². The second-order valence-electron chi connectivity index (χ2n) is 5.15. The number of benzene rings is 1. The highest BCUT2D eigenvalue weighted by atomic mass is 16.2. The van der Waals surface area contributed by atoms with Crippen molar-refractivity contribution in [1.29, 1.82) is 0 Å². The fraction of sp³-hybridized carbons (Fsp3) is 0.400. The Labute approximate surface area is 123 Å². The van der Waals surface area contributed by atoms with Gasteiger partial charge in [0.05, 0.1) is 11.4 Å². The quantitative estimate of drug-likeness (QED) is 0.828. The number of rotatable bonds is 5. The summed E-state index contributed by atoms with van der Waals surface area (Å²) < 4.78 is 0.